The molecule has 6 nitrogen and oxygen atoms in total. The summed E-state index contributed by atoms with van der Waals surface area (Å²) in [5.41, 5.74) is 5.12. The molecule has 0 aliphatic carbocycles. The van der Waals surface area contributed by atoms with Crippen molar-refractivity contribution >= 4 is 11.3 Å². The van der Waals surface area contributed by atoms with Crippen LogP contribution < -0.4 is 5.32 Å². The molecule has 0 aromatic carbocycles. The van der Waals surface area contributed by atoms with Crippen molar-refractivity contribution in [2.24, 2.45) is 0 Å². The highest BCUT2D eigenvalue weighted by atomic mass is 15.3. The fourth-order valence-corrected chi connectivity index (χ4v) is 2.54. The SMILES string of the molecule is CCn1cc(NC(C)c2cnc3cc(C)nn3c2C)cn1. The molecule has 0 aliphatic rings. The molecule has 21 heavy (non-hydrogen) atoms. The Balaban J connectivity index is 1.90. The van der Waals surface area contributed by atoms with Crippen LogP contribution in [0.5, 0.6) is 0 Å². The first-order valence-corrected chi connectivity index (χ1v) is 7.19. The first-order valence-electron chi connectivity index (χ1n) is 7.19. The lowest BCUT2D eigenvalue weighted by atomic mass is 10.1. The molecular formula is C15H20N6. The summed E-state index contributed by atoms with van der Waals surface area (Å²) < 4.78 is 3.80. The molecule has 110 valence electrons. The van der Waals surface area contributed by atoms with Gasteiger partial charge in [0.1, 0.15) is 0 Å². The number of hydrogen-bond acceptors (Lipinski definition) is 4. The molecule has 0 bridgehead atoms. The second kappa shape index (κ2) is 5.20. The molecular weight excluding hydrogens is 264 g/mol. The molecule has 0 radical (unpaired) electrons. The molecule has 0 saturated carbocycles. The van der Waals surface area contributed by atoms with Gasteiger partial charge in [0.2, 0.25) is 0 Å². The van der Waals surface area contributed by atoms with Gasteiger partial charge >= 0.3 is 0 Å². The van der Waals surface area contributed by atoms with Crippen molar-refractivity contribution in [1.29, 1.82) is 0 Å². The number of fused-ring (bicyclic) bond motifs is 1. The van der Waals surface area contributed by atoms with E-state index in [9.17, 15) is 0 Å². The van der Waals surface area contributed by atoms with Crippen LogP contribution in [0.1, 0.15) is 36.8 Å². The zero-order chi connectivity index (χ0) is 15.0. The van der Waals surface area contributed by atoms with Crippen molar-refractivity contribution in [3.63, 3.8) is 0 Å². The van der Waals surface area contributed by atoms with E-state index >= 15 is 0 Å². The Morgan fingerprint density at radius 2 is 2.10 bits per heavy atom. The second-order valence-corrected chi connectivity index (χ2v) is 5.31. The van der Waals surface area contributed by atoms with E-state index in [1.165, 1.54) is 0 Å². The van der Waals surface area contributed by atoms with Crippen molar-refractivity contribution in [2.75, 3.05) is 5.32 Å². The minimum atomic E-state index is 0.140. The highest BCUT2D eigenvalue weighted by Gasteiger charge is 2.13. The molecule has 1 atom stereocenters. The summed E-state index contributed by atoms with van der Waals surface area (Å²) in [7, 11) is 0. The average Bonchev–Trinajstić information content (AvgIpc) is 3.05. The quantitative estimate of drug-likeness (QED) is 0.800. The lowest BCUT2D eigenvalue weighted by Crippen LogP contribution is -2.11. The number of rotatable bonds is 4. The molecule has 3 aromatic heterocycles. The van der Waals surface area contributed by atoms with Gasteiger partial charge in [-0.3, -0.25) is 4.68 Å². The number of hydrogen-bond donors (Lipinski definition) is 1. The minimum Gasteiger partial charge on any atom is -0.376 e. The van der Waals surface area contributed by atoms with Gasteiger partial charge in [-0.2, -0.15) is 10.2 Å². The molecule has 6 heteroatoms. The monoisotopic (exact) mass is 284 g/mol. The third-order valence-corrected chi connectivity index (χ3v) is 3.69. The van der Waals surface area contributed by atoms with Gasteiger partial charge in [-0.15, -0.1) is 0 Å². The number of nitrogens with one attached hydrogen (secondary N) is 1. The number of anilines is 1. The van der Waals surface area contributed by atoms with Gasteiger partial charge in [0.15, 0.2) is 5.65 Å². The van der Waals surface area contributed by atoms with Gasteiger partial charge in [0, 0.05) is 36.3 Å². The normalized spacial score (nSPS) is 12.8. The predicted molar refractivity (Wildman–Crippen MR) is 82.4 cm³/mol. The summed E-state index contributed by atoms with van der Waals surface area (Å²) in [6, 6.07) is 2.13. The van der Waals surface area contributed by atoms with E-state index < -0.39 is 0 Å². The third kappa shape index (κ3) is 2.49. The highest BCUT2D eigenvalue weighted by Crippen LogP contribution is 2.22. The Hall–Kier alpha value is -2.37. The summed E-state index contributed by atoms with van der Waals surface area (Å²) in [5.74, 6) is 0. The zero-order valence-corrected chi connectivity index (χ0v) is 12.8. The van der Waals surface area contributed by atoms with E-state index in [0.29, 0.717) is 0 Å². The Morgan fingerprint density at radius 1 is 1.29 bits per heavy atom. The largest absolute Gasteiger partial charge is 0.376 e. The van der Waals surface area contributed by atoms with Gasteiger partial charge in [0.05, 0.1) is 23.6 Å². The van der Waals surface area contributed by atoms with Gasteiger partial charge < -0.3 is 5.32 Å². The zero-order valence-electron chi connectivity index (χ0n) is 12.8. The average molecular weight is 284 g/mol. The van der Waals surface area contributed by atoms with E-state index in [1.807, 2.05) is 40.8 Å². The highest BCUT2D eigenvalue weighted by molar-refractivity contribution is 5.45. The molecule has 0 saturated heterocycles. The Bertz CT molecular complexity index is 770. The number of nitrogens with zero attached hydrogens (tertiary/aromatic N) is 5. The maximum absolute atomic E-state index is 4.49. The van der Waals surface area contributed by atoms with Crippen LogP contribution in [0.25, 0.3) is 5.65 Å². The molecule has 1 unspecified atom stereocenters. The van der Waals surface area contributed by atoms with E-state index in [0.717, 1.165) is 34.8 Å². The fraction of sp³-hybridized carbons (Fsp3) is 0.400. The summed E-state index contributed by atoms with van der Waals surface area (Å²) in [5, 5.41) is 12.2. The summed E-state index contributed by atoms with van der Waals surface area (Å²) >= 11 is 0. The van der Waals surface area contributed by atoms with E-state index in [-0.39, 0.29) is 6.04 Å². The molecule has 1 N–H and O–H groups in total. The lowest BCUT2D eigenvalue weighted by molar-refractivity contribution is 0.660. The van der Waals surface area contributed by atoms with Crippen LogP contribution in [-0.4, -0.2) is 24.4 Å². The molecule has 3 heterocycles. The molecule has 0 aliphatic heterocycles. The Labute approximate surface area is 123 Å². The molecule has 0 fully saturated rings. The van der Waals surface area contributed by atoms with Crippen LogP contribution in [0.4, 0.5) is 5.69 Å². The van der Waals surface area contributed by atoms with Crippen LogP contribution in [-0.2, 0) is 6.54 Å². The number of aromatic nitrogens is 5. The van der Waals surface area contributed by atoms with Gasteiger partial charge in [-0.1, -0.05) is 0 Å². The maximum atomic E-state index is 4.49. The van der Waals surface area contributed by atoms with Crippen molar-refractivity contribution in [3.8, 4) is 0 Å². The van der Waals surface area contributed by atoms with Crippen molar-refractivity contribution in [2.45, 2.75) is 40.3 Å². The number of aryl methyl sites for hydroxylation is 3. The predicted octanol–water partition coefficient (Wildman–Crippen LogP) is 2.74. The van der Waals surface area contributed by atoms with E-state index in [2.05, 4.69) is 41.3 Å². The summed E-state index contributed by atoms with van der Waals surface area (Å²) in [4.78, 5) is 4.49. The van der Waals surface area contributed by atoms with Gasteiger partial charge in [-0.05, 0) is 27.7 Å². The smallest absolute Gasteiger partial charge is 0.155 e. The molecule has 0 amide bonds. The van der Waals surface area contributed by atoms with Crippen LogP contribution >= 0.6 is 0 Å². The van der Waals surface area contributed by atoms with Gasteiger partial charge in [-0.25, -0.2) is 9.50 Å². The van der Waals surface area contributed by atoms with Crippen molar-refractivity contribution in [1.82, 2.24) is 24.4 Å². The van der Waals surface area contributed by atoms with Crippen LogP contribution in [0.2, 0.25) is 0 Å². The second-order valence-electron chi connectivity index (χ2n) is 5.31. The van der Waals surface area contributed by atoms with Crippen molar-refractivity contribution < 1.29 is 0 Å². The van der Waals surface area contributed by atoms with Crippen LogP contribution in [0.3, 0.4) is 0 Å². The maximum Gasteiger partial charge on any atom is 0.155 e. The summed E-state index contributed by atoms with van der Waals surface area (Å²) in [6.45, 7) is 9.12. The third-order valence-electron chi connectivity index (χ3n) is 3.69. The van der Waals surface area contributed by atoms with Gasteiger partial charge in [0.25, 0.3) is 0 Å². The van der Waals surface area contributed by atoms with E-state index in [4.69, 9.17) is 0 Å². The molecule has 3 rings (SSSR count). The van der Waals surface area contributed by atoms with Crippen LogP contribution in [0.15, 0.2) is 24.7 Å². The Morgan fingerprint density at radius 3 is 2.81 bits per heavy atom. The van der Waals surface area contributed by atoms with Crippen molar-refractivity contribution in [3.05, 3.63) is 41.6 Å². The van der Waals surface area contributed by atoms with E-state index in [1.54, 1.807) is 0 Å². The first-order chi connectivity index (χ1) is 10.1. The molecule has 0 spiro atoms. The molecule has 3 aromatic rings. The van der Waals surface area contributed by atoms with Crippen LogP contribution in [0, 0.1) is 13.8 Å². The minimum absolute atomic E-state index is 0.140. The first kappa shape index (κ1) is 13.6. The fourth-order valence-electron chi connectivity index (χ4n) is 2.54. The lowest BCUT2D eigenvalue weighted by Gasteiger charge is -2.16. The topological polar surface area (TPSA) is 60.0 Å². The standard InChI is InChI=1S/C15H20N6/c1-5-20-9-13(7-17-20)18-11(3)14-8-16-15-6-10(2)19-21(15)12(14)4/h6-9,11,18H,5H2,1-4H3. The Kier molecular flexibility index (Phi) is 3.37. The summed E-state index contributed by atoms with van der Waals surface area (Å²) in [6.07, 6.45) is 5.78.